The molecule has 2 fully saturated rings. The van der Waals surface area contributed by atoms with E-state index in [0.29, 0.717) is 30.1 Å². The van der Waals surface area contributed by atoms with Crippen molar-refractivity contribution in [2.24, 2.45) is 5.92 Å². The van der Waals surface area contributed by atoms with E-state index in [-0.39, 0.29) is 12.0 Å². The van der Waals surface area contributed by atoms with Crippen molar-refractivity contribution < 1.29 is 9.53 Å². The predicted molar refractivity (Wildman–Crippen MR) is 112 cm³/mol. The second-order valence-electron chi connectivity index (χ2n) is 8.36. The molecule has 0 bridgehead atoms. The Morgan fingerprint density at radius 1 is 1.28 bits per heavy atom. The first-order valence-electron chi connectivity index (χ1n) is 10.1. The van der Waals surface area contributed by atoms with Crippen LogP contribution in [0, 0.1) is 17.2 Å². The molecule has 7 heteroatoms. The number of carbonyl (C=O) groups is 1. The summed E-state index contributed by atoms with van der Waals surface area (Å²) < 4.78 is 6.02. The van der Waals surface area contributed by atoms with E-state index >= 15 is 0 Å². The second kappa shape index (κ2) is 7.97. The number of anilines is 1. The highest BCUT2D eigenvalue weighted by atomic mass is 16.5. The van der Waals surface area contributed by atoms with Gasteiger partial charge in [-0.25, -0.2) is 0 Å². The van der Waals surface area contributed by atoms with Crippen molar-refractivity contribution in [2.75, 3.05) is 51.7 Å². The highest BCUT2D eigenvalue weighted by Gasteiger charge is 2.38. The summed E-state index contributed by atoms with van der Waals surface area (Å²) in [5.74, 6) is 0.618. The van der Waals surface area contributed by atoms with Crippen molar-refractivity contribution in [2.45, 2.75) is 19.1 Å². The molecular weight excluding hydrogens is 366 g/mol. The lowest BCUT2D eigenvalue weighted by molar-refractivity contribution is -0.155. The molecule has 2 atom stereocenters. The Labute approximate surface area is 171 Å². The zero-order valence-corrected chi connectivity index (χ0v) is 17.2. The molecule has 0 saturated carbocycles. The number of aromatic nitrogens is 1. The minimum atomic E-state index is -0.471. The van der Waals surface area contributed by atoms with Crippen LogP contribution < -0.4 is 4.90 Å². The highest BCUT2D eigenvalue weighted by Crippen LogP contribution is 2.31. The third kappa shape index (κ3) is 3.91. The molecule has 1 amide bonds. The Morgan fingerprint density at radius 2 is 2.07 bits per heavy atom. The number of pyridine rings is 1. The molecule has 0 N–H and O–H groups in total. The molecule has 152 valence electrons. The van der Waals surface area contributed by atoms with Crippen molar-refractivity contribution in [3.63, 3.8) is 0 Å². The number of rotatable bonds is 4. The summed E-state index contributed by atoms with van der Waals surface area (Å²) in [4.78, 5) is 23.7. The number of fused-ring (bicyclic) bond motifs is 1. The van der Waals surface area contributed by atoms with Crippen LogP contribution in [0.3, 0.4) is 0 Å². The van der Waals surface area contributed by atoms with E-state index in [9.17, 15) is 10.1 Å². The van der Waals surface area contributed by atoms with Gasteiger partial charge in [-0.2, -0.15) is 5.26 Å². The fourth-order valence-electron chi connectivity index (χ4n) is 4.39. The van der Waals surface area contributed by atoms with Crippen molar-refractivity contribution >= 4 is 22.5 Å². The summed E-state index contributed by atoms with van der Waals surface area (Å²) in [5.41, 5.74) is 2.25. The summed E-state index contributed by atoms with van der Waals surface area (Å²) in [6.07, 6.45) is 1.18. The van der Waals surface area contributed by atoms with Crippen LogP contribution in [-0.4, -0.2) is 79.7 Å². The van der Waals surface area contributed by atoms with Gasteiger partial charge in [0.2, 0.25) is 0 Å². The number of morpholine rings is 1. The maximum atomic E-state index is 13.0. The second-order valence-corrected chi connectivity index (χ2v) is 8.36. The first-order valence-corrected chi connectivity index (χ1v) is 10.1. The fraction of sp³-hybridized carbons (Fsp3) is 0.500. The van der Waals surface area contributed by atoms with Crippen LogP contribution in [0.15, 0.2) is 30.5 Å². The number of nitriles is 1. The van der Waals surface area contributed by atoms with Gasteiger partial charge in [0.05, 0.1) is 23.7 Å². The lowest BCUT2D eigenvalue weighted by atomic mass is 9.98. The molecule has 7 nitrogen and oxygen atoms in total. The number of likely N-dealkylation sites (tertiary alicyclic amines) is 1. The zero-order valence-electron chi connectivity index (χ0n) is 17.2. The van der Waals surface area contributed by atoms with E-state index in [0.717, 1.165) is 30.7 Å². The van der Waals surface area contributed by atoms with E-state index in [1.165, 1.54) is 0 Å². The number of ether oxygens (including phenoxy) is 1. The van der Waals surface area contributed by atoms with E-state index in [2.05, 4.69) is 34.9 Å². The normalized spacial score (nSPS) is 22.6. The van der Waals surface area contributed by atoms with Crippen LogP contribution in [0.2, 0.25) is 0 Å². The molecule has 2 aliphatic rings. The van der Waals surface area contributed by atoms with Crippen LogP contribution in [0.4, 0.5) is 5.69 Å². The number of hydrogen-bond donors (Lipinski definition) is 0. The molecule has 1 aromatic heterocycles. The van der Waals surface area contributed by atoms with Crippen LogP contribution in [-0.2, 0) is 9.53 Å². The number of hydrogen-bond acceptors (Lipinski definition) is 6. The summed E-state index contributed by atoms with van der Waals surface area (Å²) in [7, 11) is 4.12. The molecule has 2 aliphatic heterocycles. The Balaban J connectivity index is 1.53. The summed E-state index contributed by atoms with van der Waals surface area (Å²) in [6, 6.07) is 9.84. The molecule has 2 unspecified atom stereocenters. The van der Waals surface area contributed by atoms with Gasteiger partial charge in [0, 0.05) is 49.4 Å². The van der Waals surface area contributed by atoms with E-state index < -0.39 is 6.10 Å². The Morgan fingerprint density at radius 3 is 2.79 bits per heavy atom. The van der Waals surface area contributed by atoms with Gasteiger partial charge in [0.25, 0.3) is 5.91 Å². The average molecular weight is 393 g/mol. The van der Waals surface area contributed by atoms with Crippen LogP contribution in [0.1, 0.15) is 12.5 Å². The first-order chi connectivity index (χ1) is 14.0. The maximum Gasteiger partial charge on any atom is 0.253 e. The summed E-state index contributed by atoms with van der Waals surface area (Å²) in [6.45, 7) is 5.81. The van der Waals surface area contributed by atoms with Gasteiger partial charge in [-0.1, -0.05) is 0 Å². The summed E-state index contributed by atoms with van der Waals surface area (Å²) >= 11 is 0. The van der Waals surface area contributed by atoms with Crippen LogP contribution in [0.25, 0.3) is 10.9 Å². The molecule has 3 heterocycles. The molecular formula is C22H27N5O2. The van der Waals surface area contributed by atoms with Gasteiger partial charge < -0.3 is 19.4 Å². The van der Waals surface area contributed by atoms with Crippen LogP contribution >= 0.6 is 0 Å². The molecule has 1 aromatic carbocycles. The van der Waals surface area contributed by atoms with Gasteiger partial charge >= 0.3 is 0 Å². The lowest BCUT2D eigenvalue weighted by Crippen LogP contribution is -2.60. The van der Waals surface area contributed by atoms with Gasteiger partial charge in [-0.15, -0.1) is 0 Å². The summed E-state index contributed by atoms with van der Waals surface area (Å²) in [5, 5.41) is 10.3. The maximum absolute atomic E-state index is 13.0. The van der Waals surface area contributed by atoms with E-state index in [1.54, 1.807) is 6.20 Å². The molecule has 2 aromatic rings. The lowest BCUT2D eigenvalue weighted by Gasteiger charge is -2.45. The molecule has 0 aliphatic carbocycles. The third-order valence-electron chi connectivity index (χ3n) is 5.64. The molecule has 0 spiro atoms. The highest BCUT2D eigenvalue weighted by molar-refractivity contribution is 5.95. The van der Waals surface area contributed by atoms with Gasteiger partial charge in [-0.05, 0) is 45.3 Å². The number of nitrogens with zero attached hydrogens (tertiary/aromatic N) is 5. The minimum absolute atomic E-state index is 0.0566. The third-order valence-corrected chi connectivity index (χ3v) is 5.64. The van der Waals surface area contributed by atoms with Crippen molar-refractivity contribution in [1.82, 2.24) is 14.8 Å². The van der Waals surface area contributed by atoms with E-state index in [4.69, 9.17) is 4.74 Å². The SMILES string of the molecule is CC1CN(c2ccc(C#N)c3ncccc23)CC(C(=O)N2CC(CN(C)C)C2)O1. The monoisotopic (exact) mass is 393 g/mol. The number of amides is 1. The molecule has 29 heavy (non-hydrogen) atoms. The number of carbonyl (C=O) groups excluding carboxylic acids is 1. The molecule has 2 saturated heterocycles. The molecule has 0 radical (unpaired) electrons. The minimum Gasteiger partial charge on any atom is -0.365 e. The van der Waals surface area contributed by atoms with E-state index in [1.807, 2.05) is 36.1 Å². The standard InChI is InChI=1S/C22H27N5O2/c1-15-10-26(19-7-6-17(9-23)21-18(19)5-4-8-24-21)14-20(29-15)22(28)27-12-16(13-27)11-25(2)3/h4-8,15-16,20H,10-14H2,1-3H3. The van der Waals surface area contributed by atoms with Gasteiger partial charge in [-0.3, -0.25) is 9.78 Å². The van der Waals surface area contributed by atoms with Crippen molar-refractivity contribution in [3.05, 3.63) is 36.0 Å². The van der Waals surface area contributed by atoms with Gasteiger partial charge in [0.15, 0.2) is 6.10 Å². The fourth-order valence-corrected chi connectivity index (χ4v) is 4.39. The topological polar surface area (TPSA) is 72.7 Å². The smallest absolute Gasteiger partial charge is 0.253 e. The molecule has 4 rings (SSSR count). The Bertz CT molecular complexity index is 948. The predicted octanol–water partition coefficient (Wildman–Crippen LogP) is 1.72. The Hall–Kier alpha value is -2.69. The van der Waals surface area contributed by atoms with Crippen molar-refractivity contribution in [1.29, 1.82) is 5.26 Å². The first kappa shape index (κ1) is 19.6. The largest absolute Gasteiger partial charge is 0.365 e. The van der Waals surface area contributed by atoms with Crippen molar-refractivity contribution in [3.8, 4) is 6.07 Å². The van der Waals surface area contributed by atoms with Gasteiger partial charge in [0.1, 0.15) is 6.07 Å². The quantitative estimate of drug-likeness (QED) is 0.788. The Kier molecular flexibility index (Phi) is 5.39. The average Bonchev–Trinajstić information content (AvgIpc) is 2.68. The number of benzene rings is 1. The van der Waals surface area contributed by atoms with Crippen LogP contribution in [0.5, 0.6) is 0 Å². The zero-order chi connectivity index (χ0) is 20.5.